The van der Waals surface area contributed by atoms with E-state index in [0.29, 0.717) is 0 Å². The third-order valence-corrected chi connectivity index (χ3v) is 7.90. The standard InChI is InChI=1S/C24H28BrClFN3O4S/c1-16(24(32)28-19-8-3-4-9-19)29(14-17-6-5-7-18(25)12-17)23(31)15-30(35(2,33)34)20-10-11-22(27)21(26)13-20/h5-7,10-13,16,19H,3-4,8-9,14-15H2,1-2H3,(H,28,32)/t16-/m0/s1. The molecule has 1 saturated carbocycles. The summed E-state index contributed by atoms with van der Waals surface area (Å²) in [6.07, 6.45) is 4.83. The Balaban J connectivity index is 1.89. The lowest BCUT2D eigenvalue weighted by molar-refractivity contribution is -0.139. The summed E-state index contributed by atoms with van der Waals surface area (Å²) >= 11 is 9.26. The van der Waals surface area contributed by atoms with E-state index in [4.69, 9.17) is 11.6 Å². The first-order valence-electron chi connectivity index (χ1n) is 11.2. The van der Waals surface area contributed by atoms with Crippen LogP contribution in [0.2, 0.25) is 5.02 Å². The Kier molecular flexibility index (Phi) is 9.17. The largest absolute Gasteiger partial charge is 0.352 e. The average molecular weight is 589 g/mol. The topological polar surface area (TPSA) is 86.8 Å². The fourth-order valence-corrected chi connectivity index (χ4v) is 5.52. The van der Waals surface area contributed by atoms with Crippen molar-refractivity contribution in [3.05, 3.63) is 63.3 Å². The number of sulfonamides is 1. The molecule has 1 atom stereocenters. The van der Waals surface area contributed by atoms with Crippen molar-refractivity contribution in [2.24, 2.45) is 0 Å². The van der Waals surface area contributed by atoms with Gasteiger partial charge in [-0.3, -0.25) is 13.9 Å². The van der Waals surface area contributed by atoms with E-state index in [9.17, 15) is 22.4 Å². The van der Waals surface area contributed by atoms with Gasteiger partial charge in [-0.25, -0.2) is 12.8 Å². The number of benzene rings is 2. The maximum Gasteiger partial charge on any atom is 0.244 e. The minimum atomic E-state index is -3.92. The smallest absolute Gasteiger partial charge is 0.244 e. The number of halogens is 3. The molecule has 0 heterocycles. The summed E-state index contributed by atoms with van der Waals surface area (Å²) in [7, 11) is -3.92. The number of anilines is 1. The molecule has 2 amide bonds. The molecule has 0 spiro atoms. The number of hydrogen-bond acceptors (Lipinski definition) is 4. The molecule has 1 fully saturated rings. The van der Waals surface area contributed by atoms with Crippen LogP contribution in [-0.4, -0.2) is 50.0 Å². The van der Waals surface area contributed by atoms with Gasteiger partial charge in [-0.1, -0.05) is 52.5 Å². The van der Waals surface area contributed by atoms with Crippen molar-refractivity contribution in [1.29, 1.82) is 0 Å². The predicted octanol–water partition coefficient (Wildman–Crippen LogP) is 4.48. The highest BCUT2D eigenvalue weighted by Gasteiger charge is 2.31. The van der Waals surface area contributed by atoms with Crippen LogP contribution < -0.4 is 9.62 Å². The first-order chi connectivity index (χ1) is 16.5. The van der Waals surface area contributed by atoms with Crippen molar-refractivity contribution < 1.29 is 22.4 Å². The molecule has 190 valence electrons. The molecule has 7 nitrogen and oxygen atoms in total. The molecule has 2 aromatic carbocycles. The van der Waals surface area contributed by atoms with Crippen LogP contribution in [0.3, 0.4) is 0 Å². The average Bonchev–Trinajstić information content (AvgIpc) is 3.29. The Hall–Kier alpha value is -2.17. The summed E-state index contributed by atoms with van der Waals surface area (Å²) < 4.78 is 40.4. The lowest BCUT2D eigenvalue weighted by Gasteiger charge is -2.32. The highest BCUT2D eigenvalue weighted by Crippen LogP contribution is 2.25. The Bertz CT molecular complexity index is 1190. The van der Waals surface area contributed by atoms with Crippen molar-refractivity contribution >= 4 is 55.1 Å². The maximum atomic E-state index is 13.7. The molecule has 1 aliphatic rings. The van der Waals surface area contributed by atoms with Crippen LogP contribution in [0.4, 0.5) is 10.1 Å². The molecule has 0 bridgehead atoms. The van der Waals surface area contributed by atoms with Gasteiger partial charge >= 0.3 is 0 Å². The van der Waals surface area contributed by atoms with E-state index >= 15 is 0 Å². The Morgan fingerprint density at radius 3 is 2.49 bits per heavy atom. The van der Waals surface area contributed by atoms with Gasteiger partial charge in [0.05, 0.1) is 17.0 Å². The SMILES string of the molecule is C[C@@H](C(=O)NC1CCCC1)N(Cc1cccc(Br)c1)C(=O)CN(c1ccc(F)c(Cl)c1)S(C)(=O)=O. The van der Waals surface area contributed by atoms with E-state index < -0.39 is 34.3 Å². The minimum absolute atomic E-state index is 0.0534. The Labute approximate surface area is 218 Å². The summed E-state index contributed by atoms with van der Waals surface area (Å²) in [6, 6.07) is 9.96. The molecule has 3 rings (SSSR count). The lowest BCUT2D eigenvalue weighted by atomic mass is 10.1. The summed E-state index contributed by atoms with van der Waals surface area (Å²) in [5, 5.41) is 2.74. The molecule has 1 aliphatic carbocycles. The number of rotatable bonds is 9. The minimum Gasteiger partial charge on any atom is -0.352 e. The van der Waals surface area contributed by atoms with E-state index in [1.54, 1.807) is 6.92 Å². The van der Waals surface area contributed by atoms with Crippen molar-refractivity contribution in [3.8, 4) is 0 Å². The zero-order valence-electron chi connectivity index (χ0n) is 19.5. The molecule has 0 aromatic heterocycles. The number of carbonyl (C=O) groups is 2. The second-order valence-electron chi connectivity index (χ2n) is 8.69. The summed E-state index contributed by atoms with van der Waals surface area (Å²) in [4.78, 5) is 27.9. The van der Waals surface area contributed by atoms with Crippen molar-refractivity contribution in [1.82, 2.24) is 10.2 Å². The fourth-order valence-electron chi connectivity index (χ4n) is 4.06. The van der Waals surface area contributed by atoms with Crippen LogP contribution in [0.1, 0.15) is 38.2 Å². The molecule has 35 heavy (non-hydrogen) atoms. The van der Waals surface area contributed by atoms with Crippen molar-refractivity contribution in [3.63, 3.8) is 0 Å². The van der Waals surface area contributed by atoms with Crippen molar-refractivity contribution in [2.75, 3.05) is 17.1 Å². The highest BCUT2D eigenvalue weighted by molar-refractivity contribution is 9.10. The van der Waals surface area contributed by atoms with Crippen LogP contribution in [0.5, 0.6) is 0 Å². The number of nitrogens with zero attached hydrogens (tertiary/aromatic N) is 2. The van der Waals surface area contributed by atoms with Crippen LogP contribution in [0, 0.1) is 5.82 Å². The first-order valence-corrected chi connectivity index (χ1v) is 14.2. The van der Waals surface area contributed by atoms with Crippen LogP contribution in [0.15, 0.2) is 46.9 Å². The molecule has 2 aromatic rings. The van der Waals surface area contributed by atoms with Gasteiger partial charge in [0.2, 0.25) is 21.8 Å². The molecule has 0 radical (unpaired) electrons. The zero-order chi connectivity index (χ0) is 25.8. The highest BCUT2D eigenvalue weighted by atomic mass is 79.9. The van der Waals surface area contributed by atoms with Gasteiger partial charge in [0.15, 0.2) is 0 Å². The maximum absolute atomic E-state index is 13.7. The lowest BCUT2D eigenvalue weighted by Crippen LogP contribution is -2.52. The molecule has 11 heteroatoms. The first kappa shape index (κ1) is 27.4. The predicted molar refractivity (Wildman–Crippen MR) is 138 cm³/mol. The molecule has 0 unspecified atom stereocenters. The van der Waals surface area contributed by atoms with Gasteiger partial charge in [0.1, 0.15) is 18.4 Å². The van der Waals surface area contributed by atoms with Crippen LogP contribution in [-0.2, 0) is 26.2 Å². The van der Waals surface area contributed by atoms with E-state index in [-0.39, 0.29) is 29.2 Å². The molecular formula is C24H28BrClFN3O4S. The summed E-state index contributed by atoms with van der Waals surface area (Å²) in [6.45, 7) is 1.15. The number of hydrogen-bond donors (Lipinski definition) is 1. The molecular weight excluding hydrogens is 561 g/mol. The third kappa shape index (κ3) is 7.41. The molecule has 0 aliphatic heterocycles. The second-order valence-corrected chi connectivity index (χ2v) is 11.9. The molecule has 0 saturated heterocycles. The quantitative estimate of drug-likeness (QED) is 0.468. The van der Waals surface area contributed by atoms with Gasteiger partial charge < -0.3 is 10.2 Å². The fraction of sp³-hybridized carbons (Fsp3) is 0.417. The van der Waals surface area contributed by atoms with Crippen LogP contribution >= 0.6 is 27.5 Å². The van der Waals surface area contributed by atoms with E-state index in [0.717, 1.165) is 58.4 Å². The van der Waals surface area contributed by atoms with E-state index in [1.807, 2.05) is 24.3 Å². The Morgan fingerprint density at radius 1 is 1.20 bits per heavy atom. The number of nitrogens with one attached hydrogen (secondary N) is 1. The van der Waals surface area contributed by atoms with Gasteiger partial charge in [0, 0.05) is 17.1 Å². The summed E-state index contributed by atoms with van der Waals surface area (Å²) in [5.41, 5.74) is 0.821. The Morgan fingerprint density at radius 2 is 1.89 bits per heavy atom. The second kappa shape index (κ2) is 11.7. The monoisotopic (exact) mass is 587 g/mol. The number of carbonyl (C=O) groups excluding carboxylic acids is 2. The third-order valence-electron chi connectivity index (χ3n) is 5.98. The van der Waals surface area contributed by atoms with E-state index in [2.05, 4.69) is 21.2 Å². The van der Waals surface area contributed by atoms with Gasteiger partial charge in [-0.05, 0) is 55.7 Å². The van der Waals surface area contributed by atoms with Gasteiger partial charge in [-0.2, -0.15) is 0 Å². The zero-order valence-corrected chi connectivity index (χ0v) is 22.7. The summed E-state index contributed by atoms with van der Waals surface area (Å²) in [5.74, 6) is -1.58. The van der Waals surface area contributed by atoms with Gasteiger partial charge in [-0.15, -0.1) is 0 Å². The van der Waals surface area contributed by atoms with Crippen LogP contribution in [0.25, 0.3) is 0 Å². The van der Waals surface area contributed by atoms with Gasteiger partial charge in [0.25, 0.3) is 0 Å². The molecule has 1 N–H and O–H groups in total. The van der Waals surface area contributed by atoms with Crippen molar-refractivity contribution in [2.45, 2.75) is 51.2 Å². The number of amides is 2. The normalized spacial score (nSPS) is 15.0. The van der Waals surface area contributed by atoms with E-state index in [1.165, 1.54) is 11.0 Å².